The Labute approximate surface area is 124 Å². The van der Waals surface area contributed by atoms with E-state index < -0.39 is 18.0 Å². The molecule has 6 heteroatoms. The van der Waals surface area contributed by atoms with Gasteiger partial charge in [0, 0.05) is 6.54 Å². The molecule has 21 heavy (non-hydrogen) atoms. The van der Waals surface area contributed by atoms with E-state index in [0.29, 0.717) is 13.0 Å². The van der Waals surface area contributed by atoms with Gasteiger partial charge >= 0.3 is 12.0 Å². The SMILES string of the molecule is C=CCC(NC(=O)NCc1ccc(OC)cc1)C(=O)OC. The van der Waals surface area contributed by atoms with Crippen LogP contribution in [-0.2, 0) is 16.1 Å². The molecule has 114 valence electrons. The summed E-state index contributed by atoms with van der Waals surface area (Å²) < 4.78 is 9.66. The molecule has 0 heterocycles. The van der Waals surface area contributed by atoms with Crippen molar-refractivity contribution in [3.8, 4) is 5.75 Å². The number of benzene rings is 1. The molecule has 2 N–H and O–H groups in total. The standard InChI is InChI=1S/C15H20N2O4/c1-4-5-13(14(18)21-3)17-15(19)16-10-11-6-8-12(20-2)9-7-11/h4,6-9,13H,1,5,10H2,2-3H3,(H2,16,17,19). The van der Waals surface area contributed by atoms with Crippen LogP contribution in [0.25, 0.3) is 0 Å². The highest BCUT2D eigenvalue weighted by Gasteiger charge is 2.19. The second-order valence-corrected chi connectivity index (χ2v) is 4.28. The zero-order valence-electron chi connectivity index (χ0n) is 12.2. The maximum absolute atomic E-state index is 11.8. The minimum absolute atomic E-state index is 0.308. The molecule has 0 fully saturated rings. The van der Waals surface area contributed by atoms with Gasteiger partial charge in [0.05, 0.1) is 14.2 Å². The smallest absolute Gasteiger partial charge is 0.328 e. The summed E-state index contributed by atoms with van der Waals surface area (Å²) in [4.78, 5) is 23.2. The highest BCUT2D eigenvalue weighted by Crippen LogP contribution is 2.10. The van der Waals surface area contributed by atoms with Crippen molar-refractivity contribution in [3.63, 3.8) is 0 Å². The molecular formula is C15H20N2O4. The van der Waals surface area contributed by atoms with Gasteiger partial charge in [0.2, 0.25) is 0 Å². The number of ether oxygens (including phenoxy) is 2. The number of hydrogen-bond acceptors (Lipinski definition) is 4. The van der Waals surface area contributed by atoms with Gasteiger partial charge in [0.1, 0.15) is 11.8 Å². The fourth-order valence-electron chi connectivity index (χ4n) is 1.66. The molecule has 1 aromatic carbocycles. The average molecular weight is 292 g/mol. The predicted molar refractivity (Wildman–Crippen MR) is 79.0 cm³/mol. The van der Waals surface area contributed by atoms with Gasteiger partial charge in [0.25, 0.3) is 0 Å². The van der Waals surface area contributed by atoms with Crippen molar-refractivity contribution in [1.82, 2.24) is 10.6 Å². The minimum atomic E-state index is -0.733. The Morgan fingerprint density at radius 3 is 2.48 bits per heavy atom. The second kappa shape index (κ2) is 8.63. The highest BCUT2D eigenvalue weighted by atomic mass is 16.5. The van der Waals surface area contributed by atoms with E-state index in [4.69, 9.17) is 4.74 Å². The van der Waals surface area contributed by atoms with E-state index in [1.54, 1.807) is 13.2 Å². The molecule has 1 rings (SSSR count). The van der Waals surface area contributed by atoms with Gasteiger partial charge in [-0.1, -0.05) is 18.2 Å². The van der Waals surface area contributed by atoms with Crippen LogP contribution in [0.3, 0.4) is 0 Å². The molecular weight excluding hydrogens is 272 g/mol. The fourth-order valence-corrected chi connectivity index (χ4v) is 1.66. The van der Waals surface area contributed by atoms with Gasteiger partial charge in [-0.3, -0.25) is 0 Å². The third kappa shape index (κ3) is 5.56. The lowest BCUT2D eigenvalue weighted by Gasteiger charge is -2.15. The van der Waals surface area contributed by atoms with Crippen LogP contribution in [0.5, 0.6) is 5.75 Å². The summed E-state index contributed by atoms with van der Waals surface area (Å²) in [5.41, 5.74) is 0.921. The molecule has 0 spiro atoms. The molecule has 0 bridgehead atoms. The van der Waals surface area contributed by atoms with Crippen molar-refractivity contribution in [2.45, 2.75) is 19.0 Å². The normalized spacial score (nSPS) is 11.1. The topological polar surface area (TPSA) is 76.7 Å². The molecule has 1 aromatic rings. The first-order valence-electron chi connectivity index (χ1n) is 6.46. The van der Waals surface area contributed by atoms with E-state index in [1.807, 2.05) is 24.3 Å². The van der Waals surface area contributed by atoms with Gasteiger partial charge in [0.15, 0.2) is 0 Å². The van der Waals surface area contributed by atoms with Gasteiger partial charge in [-0.15, -0.1) is 6.58 Å². The average Bonchev–Trinajstić information content (AvgIpc) is 2.52. The molecule has 0 aliphatic heterocycles. The van der Waals surface area contributed by atoms with Crippen molar-refractivity contribution in [2.75, 3.05) is 14.2 Å². The maximum atomic E-state index is 11.8. The van der Waals surface area contributed by atoms with Gasteiger partial charge in [-0.05, 0) is 24.1 Å². The summed E-state index contributed by atoms with van der Waals surface area (Å²) in [5.74, 6) is 0.245. The number of urea groups is 1. The highest BCUT2D eigenvalue weighted by molar-refractivity contribution is 5.83. The molecule has 1 atom stereocenters. The Bertz CT molecular complexity index is 485. The largest absolute Gasteiger partial charge is 0.497 e. The van der Waals surface area contributed by atoms with Crippen LogP contribution >= 0.6 is 0 Å². The third-order valence-electron chi connectivity index (χ3n) is 2.81. The number of hydrogen-bond donors (Lipinski definition) is 2. The maximum Gasteiger partial charge on any atom is 0.328 e. The molecule has 2 amide bonds. The van der Waals surface area contributed by atoms with Crippen LogP contribution in [0, 0.1) is 0 Å². The van der Waals surface area contributed by atoms with E-state index in [0.717, 1.165) is 11.3 Å². The quantitative estimate of drug-likeness (QED) is 0.591. The lowest BCUT2D eigenvalue weighted by Crippen LogP contribution is -2.46. The molecule has 0 aromatic heterocycles. The number of rotatable bonds is 7. The van der Waals surface area contributed by atoms with Crippen molar-refractivity contribution in [1.29, 1.82) is 0 Å². The number of amides is 2. The Balaban J connectivity index is 2.47. The Kier molecular flexibility index (Phi) is 6.80. The van der Waals surface area contributed by atoms with Gasteiger partial charge in [-0.2, -0.15) is 0 Å². The summed E-state index contributed by atoms with van der Waals surface area (Å²) in [6, 6.07) is 6.14. The minimum Gasteiger partial charge on any atom is -0.497 e. The van der Waals surface area contributed by atoms with Crippen LogP contribution in [0.15, 0.2) is 36.9 Å². The Morgan fingerprint density at radius 2 is 1.95 bits per heavy atom. The fraction of sp³-hybridized carbons (Fsp3) is 0.333. The second-order valence-electron chi connectivity index (χ2n) is 4.28. The molecule has 0 aliphatic rings. The molecule has 0 saturated carbocycles. The monoisotopic (exact) mass is 292 g/mol. The van der Waals surface area contributed by atoms with Crippen molar-refractivity contribution in [2.24, 2.45) is 0 Å². The number of nitrogens with one attached hydrogen (secondary N) is 2. The van der Waals surface area contributed by atoms with E-state index in [-0.39, 0.29) is 0 Å². The third-order valence-corrected chi connectivity index (χ3v) is 2.81. The number of methoxy groups -OCH3 is 2. The summed E-state index contributed by atoms with van der Waals surface area (Å²) in [6.45, 7) is 3.89. The van der Waals surface area contributed by atoms with Crippen molar-refractivity contribution in [3.05, 3.63) is 42.5 Å². The molecule has 0 radical (unpaired) electrons. The van der Waals surface area contributed by atoms with Crippen LogP contribution in [0.2, 0.25) is 0 Å². The summed E-state index contributed by atoms with van der Waals surface area (Å²) in [6.07, 6.45) is 1.86. The van der Waals surface area contributed by atoms with Crippen molar-refractivity contribution < 1.29 is 19.1 Å². The van der Waals surface area contributed by atoms with Crippen LogP contribution in [0.4, 0.5) is 4.79 Å². The summed E-state index contributed by atoms with van der Waals surface area (Å²) >= 11 is 0. The number of carbonyl (C=O) groups is 2. The number of carbonyl (C=O) groups excluding carboxylic acids is 2. The molecule has 0 aliphatic carbocycles. The van der Waals surface area contributed by atoms with E-state index in [9.17, 15) is 9.59 Å². The van der Waals surface area contributed by atoms with E-state index in [1.165, 1.54) is 7.11 Å². The summed E-state index contributed by atoms with van der Waals surface area (Å²) in [5, 5.41) is 5.21. The van der Waals surface area contributed by atoms with Crippen LogP contribution in [-0.4, -0.2) is 32.3 Å². The molecule has 6 nitrogen and oxygen atoms in total. The first-order valence-corrected chi connectivity index (χ1v) is 6.46. The molecule has 1 unspecified atom stereocenters. The van der Waals surface area contributed by atoms with E-state index in [2.05, 4.69) is 21.9 Å². The van der Waals surface area contributed by atoms with Crippen LogP contribution < -0.4 is 15.4 Å². The predicted octanol–water partition coefficient (Wildman–Crippen LogP) is 1.61. The lowest BCUT2D eigenvalue weighted by atomic mass is 10.2. The molecule has 0 saturated heterocycles. The van der Waals surface area contributed by atoms with E-state index >= 15 is 0 Å². The zero-order chi connectivity index (χ0) is 15.7. The first-order chi connectivity index (χ1) is 10.1. The van der Waals surface area contributed by atoms with Crippen molar-refractivity contribution >= 4 is 12.0 Å². The first kappa shape index (κ1) is 16.6. The van der Waals surface area contributed by atoms with Crippen LogP contribution in [0.1, 0.15) is 12.0 Å². The number of esters is 1. The Hall–Kier alpha value is -2.50. The van der Waals surface area contributed by atoms with Gasteiger partial charge < -0.3 is 20.1 Å². The Morgan fingerprint density at radius 1 is 1.29 bits per heavy atom. The summed E-state index contributed by atoms with van der Waals surface area (Å²) in [7, 11) is 2.86. The van der Waals surface area contributed by atoms with Gasteiger partial charge in [-0.25, -0.2) is 9.59 Å². The zero-order valence-corrected chi connectivity index (χ0v) is 12.2. The lowest BCUT2D eigenvalue weighted by molar-refractivity contribution is -0.142.